The monoisotopic (exact) mass is 344 g/mol. The van der Waals surface area contributed by atoms with E-state index in [0.29, 0.717) is 28.1 Å². The Bertz CT molecular complexity index is 1070. The molecule has 0 spiro atoms. The first-order valence-electron chi connectivity index (χ1n) is 8.01. The molecule has 5 nitrogen and oxygen atoms in total. The maximum absolute atomic E-state index is 12.3. The summed E-state index contributed by atoms with van der Waals surface area (Å²) < 4.78 is 5.43. The molecule has 0 fully saturated rings. The highest BCUT2D eigenvalue weighted by Gasteiger charge is 2.13. The third-order valence-corrected chi connectivity index (χ3v) is 3.92. The lowest BCUT2D eigenvalue weighted by atomic mass is 10.0. The first-order chi connectivity index (χ1) is 12.5. The van der Waals surface area contributed by atoms with E-state index in [1.165, 1.54) is 0 Å². The number of nitrogens with zero attached hydrogens (tertiary/aromatic N) is 1. The number of aromatic nitrogens is 1. The van der Waals surface area contributed by atoms with Gasteiger partial charge in [-0.1, -0.05) is 29.8 Å². The quantitative estimate of drug-likeness (QED) is 0.579. The molecule has 128 valence electrons. The molecule has 0 saturated heterocycles. The summed E-state index contributed by atoms with van der Waals surface area (Å²) in [5, 5.41) is 9.28. The number of nitriles is 1. The first-order valence-corrected chi connectivity index (χ1v) is 8.01. The molecule has 0 aliphatic heterocycles. The molecule has 1 aromatic heterocycles. The Balaban J connectivity index is 1.95. The van der Waals surface area contributed by atoms with Crippen LogP contribution >= 0.6 is 0 Å². The van der Waals surface area contributed by atoms with Gasteiger partial charge < -0.3 is 9.72 Å². The average Bonchev–Trinajstić information content (AvgIpc) is 2.62. The van der Waals surface area contributed by atoms with Gasteiger partial charge in [-0.2, -0.15) is 5.26 Å². The number of nitrogens with one attached hydrogen (secondary N) is 1. The minimum absolute atomic E-state index is 0.0256. The molecular weight excluding hydrogens is 328 g/mol. The van der Waals surface area contributed by atoms with Crippen LogP contribution in [0.2, 0.25) is 0 Å². The van der Waals surface area contributed by atoms with E-state index in [4.69, 9.17) is 4.74 Å². The van der Waals surface area contributed by atoms with Crippen molar-refractivity contribution in [3.63, 3.8) is 0 Å². The van der Waals surface area contributed by atoms with E-state index in [0.717, 1.165) is 5.56 Å². The van der Waals surface area contributed by atoms with Gasteiger partial charge in [-0.25, -0.2) is 4.79 Å². The van der Waals surface area contributed by atoms with Crippen molar-refractivity contribution < 1.29 is 9.53 Å². The van der Waals surface area contributed by atoms with Crippen LogP contribution < -0.4 is 10.3 Å². The number of aromatic amines is 1. The van der Waals surface area contributed by atoms with Gasteiger partial charge in [0.25, 0.3) is 5.56 Å². The summed E-state index contributed by atoms with van der Waals surface area (Å²) in [6.45, 7) is 3.68. The zero-order chi connectivity index (χ0) is 18.7. The summed E-state index contributed by atoms with van der Waals surface area (Å²) in [7, 11) is 0. The standard InChI is InChI=1S/C21H16N2O3/c1-13-6-8-15(9-7-13)21(25)26-17-5-3-4-16(11-17)18-10-14(2)23-20(24)19(18)12-22/h3-11H,1-2H3,(H,23,24). The number of hydrogen-bond donors (Lipinski definition) is 1. The number of pyridine rings is 1. The minimum Gasteiger partial charge on any atom is -0.423 e. The van der Waals surface area contributed by atoms with Crippen molar-refractivity contribution in [2.45, 2.75) is 13.8 Å². The molecule has 0 atom stereocenters. The first kappa shape index (κ1) is 17.2. The smallest absolute Gasteiger partial charge is 0.343 e. The van der Waals surface area contributed by atoms with Crippen molar-refractivity contribution in [3.8, 4) is 22.9 Å². The summed E-state index contributed by atoms with van der Waals surface area (Å²) >= 11 is 0. The van der Waals surface area contributed by atoms with Crippen LogP contribution in [0, 0.1) is 25.2 Å². The zero-order valence-corrected chi connectivity index (χ0v) is 14.4. The van der Waals surface area contributed by atoms with Crippen LogP contribution in [0.1, 0.15) is 27.2 Å². The highest BCUT2D eigenvalue weighted by Crippen LogP contribution is 2.26. The van der Waals surface area contributed by atoms with Crippen molar-refractivity contribution >= 4 is 5.97 Å². The molecule has 1 N–H and O–H groups in total. The van der Waals surface area contributed by atoms with Crippen LogP contribution in [0.4, 0.5) is 0 Å². The second-order valence-corrected chi connectivity index (χ2v) is 5.97. The number of carbonyl (C=O) groups excluding carboxylic acids is 1. The third kappa shape index (κ3) is 3.55. The molecule has 0 amide bonds. The van der Waals surface area contributed by atoms with Crippen LogP contribution in [0.3, 0.4) is 0 Å². The van der Waals surface area contributed by atoms with Crippen molar-refractivity contribution in [2.24, 2.45) is 0 Å². The Kier molecular flexibility index (Phi) is 4.68. The molecule has 3 rings (SSSR count). The van der Waals surface area contributed by atoms with Crippen molar-refractivity contribution in [1.82, 2.24) is 4.98 Å². The van der Waals surface area contributed by atoms with E-state index in [9.17, 15) is 14.9 Å². The molecule has 0 aliphatic carbocycles. The van der Waals surface area contributed by atoms with Gasteiger partial charge in [0.2, 0.25) is 0 Å². The number of carbonyl (C=O) groups is 1. The zero-order valence-electron chi connectivity index (χ0n) is 14.4. The predicted octanol–water partition coefficient (Wildman–Crippen LogP) is 3.75. The van der Waals surface area contributed by atoms with E-state index < -0.39 is 11.5 Å². The second-order valence-electron chi connectivity index (χ2n) is 5.97. The Morgan fingerprint density at radius 2 is 1.81 bits per heavy atom. The topological polar surface area (TPSA) is 83.0 Å². The fraction of sp³-hybridized carbons (Fsp3) is 0.0952. The molecule has 26 heavy (non-hydrogen) atoms. The highest BCUT2D eigenvalue weighted by atomic mass is 16.5. The van der Waals surface area contributed by atoms with Crippen molar-refractivity contribution in [1.29, 1.82) is 5.26 Å². The second kappa shape index (κ2) is 7.08. The highest BCUT2D eigenvalue weighted by molar-refractivity contribution is 5.91. The number of H-pyrrole nitrogens is 1. The van der Waals surface area contributed by atoms with E-state index in [1.54, 1.807) is 49.4 Å². The SMILES string of the molecule is Cc1ccc(C(=O)Oc2cccc(-c3cc(C)[nH]c(=O)c3C#N)c2)cc1. The Morgan fingerprint density at radius 3 is 2.50 bits per heavy atom. The van der Waals surface area contributed by atoms with Gasteiger partial charge in [-0.15, -0.1) is 0 Å². The molecule has 0 bridgehead atoms. The Labute approximate surface area is 150 Å². The van der Waals surface area contributed by atoms with Crippen molar-refractivity contribution in [3.05, 3.63) is 87.3 Å². The lowest BCUT2D eigenvalue weighted by Gasteiger charge is -2.09. The lowest BCUT2D eigenvalue weighted by Crippen LogP contribution is -2.13. The van der Waals surface area contributed by atoms with E-state index >= 15 is 0 Å². The summed E-state index contributed by atoms with van der Waals surface area (Å²) in [6.07, 6.45) is 0. The Hall–Kier alpha value is -3.65. The van der Waals surface area contributed by atoms with Crippen LogP contribution in [0.25, 0.3) is 11.1 Å². The van der Waals surface area contributed by atoms with Crippen LogP contribution in [-0.2, 0) is 0 Å². The summed E-state index contributed by atoms with van der Waals surface area (Å²) in [5.41, 5.74) is 2.86. The van der Waals surface area contributed by atoms with Crippen LogP contribution in [-0.4, -0.2) is 11.0 Å². The molecule has 0 saturated carbocycles. The molecule has 2 aromatic carbocycles. The molecule has 0 aliphatic rings. The average molecular weight is 344 g/mol. The number of esters is 1. The van der Waals surface area contributed by atoms with Gasteiger partial charge >= 0.3 is 5.97 Å². The third-order valence-electron chi connectivity index (χ3n) is 3.92. The molecule has 3 aromatic rings. The van der Waals surface area contributed by atoms with Gasteiger partial charge in [0.1, 0.15) is 17.4 Å². The van der Waals surface area contributed by atoms with E-state index in [-0.39, 0.29) is 5.56 Å². The fourth-order valence-electron chi connectivity index (χ4n) is 2.61. The predicted molar refractivity (Wildman–Crippen MR) is 98.1 cm³/mol. The molecule has 0 radical (unpaired) electrons. The van der Waals surface area contributed by atoms with Gasteiger partial charge in [0.05, 0.1) is 5.56 Å². The molecular formula is C21H16N2O3. The van der Waals surface area contributed by atoms with Gasteiger partial charge in [-0.05, 0) is 49.7 Å². The van der Waals surface area contributed by atoms with Gasteiger partial charge in [0, 0.05) is 11.3 Å². The van der Waals surface area contributed by atoms with E-state index in [2.05, 4.69) is 4.98 Å². The number of hydrogen-bond acceptors (Lipinski definition) is 4. The lowest BCUT2D eigenvalue weighted by molar-refractivity contribution is 0.0735. The Morgan fingerprint density at radius 1 is 1.08 bits per heavy atom. The molecule has 0 unspecified atom stereocenters. The number of aryl methyl sites for hydroxylation is 2. The number of rotatable bonds is 3. The van der Waals surface area contributed by atoms with Gasteiger partial charge in [-0.3, -0.25) is 4.79 Å². The molecule has 1 heterocycles. The maximum atomic E-state index is 12.3. The van der Waals surface area contributed by atoms with Crippen LogP contribution in [0.5, 0.6) is 5.75 Å². The number of benzene rings is 2. The minimum atomic E-state index is -0.468. The number of ether oxygens (including phenoxy) is 1. The summed E-state index contributed by atoms with van der Waals surface area (Å²) in [4.78, 5) is 26.9. The largest absolute Gasteiger partial charge is 0.423 e. The van der Waals surface area contributed by atoms with Crippen molar-refractivity contribution in [2.75, 3.05) is 0 Å². The van der Waals surface area contributed by atoms with Crippen LogP contribution in [0.15, 0.2) is 59.4 Å². The van der Waals surface area contributed by atoms with E-state index in [1.807, 2.05) is 25.1 Å². The normalized spacial score (nSPS) is 10.2. The molecule has 5 heteroatoms. The summed E-state index contributed by atoms with van der Waals surface area (Å²) in [6, 6.07) is 17.5. The fourth-order valence-corrected chi connectivity index (χ4v) is 2.61. The van der Waals surface area contributed by atoms with Gasteiger partial charge in [0.15, 0.2) is 0 Å². The summed E-state index contributed by atoms with van der Waals surface area (Å²) in [5.74, 6) is -0.125. The maximum Gasteiger partial charge on any atom is 0.343 e.